The van der Waals surface area contributed by atoms with Crippen molar-refractivity contribution in [2.24, 2.45) is 0 Å². The molecule has 0 fully saturated rings. The average Bonchev–Trinajstić information content (AvgIpc) is 2.53. The van der Waals surface area contributed by atoms with Crippen LogP contribution in [0.5, 0.6) is 0 Å². The molecule has 0 aliphatic heterocycles. The lowest BCUT2D eigenvalue weighted by Crippen LogP contribution is -1.83. The van der Waals surface area contributed by atoms with E-state index in [4.69, 9.17) is 11.6 Å². The fraction of sp³-hybridized carbons (Fsp3) is 0. The molecule has 21 heavy (non-hydrogen) atoms. The summed E-state index contributed by atoms with van der Waals surface area (Å²) in [6, 6.07) is 25.3. The molecule has 100 valence electrons. The molecule has 2 heteroatoms. The Morgan fingerprint density at radius 1 is 0.619 bits per heavy atom. The van der Waals surface area contributed by atoms with Crippen LogP contribution in [0.3, 0.4) is 0 Å². The van der Waals surface area contributed by atoms with E-state index in [1.165, 1.54) is 31.3 Å². The second-order valence-electron chi connectivity index (χ2n) is 4.98. The van der Waals surface area contributed by atoms with Gasteiger partial charge in [-0.25, -0.2) is 0 Å². The zero-order valence-electron chi connectivity index (χ0n) is 11.2. The Hall–Kier alpha value is -1.96. The van der Waals surface area contributed by atoms with Crippen molar-refractivity contribution in [3.8, 4) is 11.1 Å². The Morgan fingerprint density at radius 3 is 1.71 bits per heavy atom. The number of hydrogen-bond acceptors (Lipinski definition) is 0. The van der Waals surface area contributed by atoms with E-state index in [1.807, 2.05) is 23.5 Å². The van der Waals surface area contributed by atoms with E-state index >= 15 is 0 Å². The Morgan fingerprint density at radius 2 is 1.14 bits per heavy atom. The Kier molecular flexibility index (Phi) is 3.10. The van der Waals surface area contributed by atoms with E-state index in [2.05, 4.69) is 60.7 Å². The summed E-state index contributed by atoms with van der Waals surface area (Å²) in [4.78, 5) is 0. The van der Waals surface area contributed by atoms with Crippen molar-refractivity contribution in [1.82, 2.24) is 0 Å². The molecule has 0 saturated heterocycles. The maximum Gasteiger partial charge on any atom is 0.239 e. The fourth-order valence-corrected chi connectivity index (χ4v) is 3.93. The summed E-state index contributed by atoms with van der Waals surface area (Å²) in [5, 5.41) is 3.36. The van der Waals surface area contributed by atoms with E-state index in [1.54, 1.807) is 0 Å². The summed E-state index contributed by atoms with van der Waals surface area (Å²) in [5.41, 5.74) is 2.50. The van der Waals surface area contributed by atoms with Crippen LogP contribution in [0.25, 0.3) is 31.3 Å². The second kappa shape index (κ2) is 5.10. The van der Waals surface area contributed by atoms with Crippen LogP contribution in [0.2, 0.25) is 5.02 Å². The van der Waals surface area contributed by atoms with Crippen LogP contribution in [0.1, 0.15) is 0 Å². The van der Waals surface area contributed by atoms with Crippen molar-refractivity contribution >= 4 is 43.1 Å². The van der Waals surface area contributed by atoms with Crippen LogP contribution < -0.4 is 0 Å². The zero-order valence-corrected chi connectivity index (χ0v) is 12.8. The third-order valence-corrected chi connectivity index (χ3v) is 5.07. The van der Waals surface area contributed by atoms with Crippen LogP contribution in [0.4, 0.5) is 0 Å². The van der Waals surface area contributed by atoms with E-state index in [-0.39, 0.29) is 0 Å². The molecule has 0 aliphatic rings. The molecule has 0 aliphatic carbocycles. The van der Waals surface area contributed by atoms with Gasteiger partial charge in [0.05, 0.1) is 0 Å². The van der Waals surface area contributed by atoms with Crippen molar-refractivity contribution in [2.45, 2.75) is 0 Å². The van der Waals surface area contributed by atoms with Crippen molar-refractivity contribution in [2.75, 3.05) is 0 Å². The van der Waals surface area contributed by atoms with Crippen molar-refractivity contribution in [3.63, 3.8) is 0 Å². The van der Waals surface area contributed by atoms with Crippen LogP contribution in [0.15, 0.2) is 72.8 Å². The van der Waals surface area contributed by atoms with Crippen molar-refractivity contribution in [3.05, 3.63) is 77.8 Å². The number of hydrogen-bond donors (Lipinski definition) is 0. The van der Waals surface area contributed by atoms with Gasteiger partial charge in [0, 0.05) is 33.5 Å². The molecule has 0 bridgehead atoms. The maximum absolute atomic E-state index is 6.04. The van der Waals surface area contributed by atoms with Gasteiger partial charge in [-0.3, -0.25) is 0 Å². The molecule has 0 radical (unpaired) electrons. The maximum atomic E-state index is 6.04. The summed E-state index contributed by atoms with van der Waals surface area (Å²) in [7, 11) is 0. The number of fused-ring (bicyclic) bond motifs is 2. The first-order valence-electron chi connectivity index (χ1n) is 6.82. The highest BCUT2D eigenvalue weighted by molar-refractivity contribution is 7.24. The molecule has 0 atom stereocenters. The molecule has 3 aromatic carbocycles. The highest BCUT2D eigenvalue weighted by Crippen LogP contribution is 2.39. The summed E-state index contributed by atoms with van der Waals surface area (Å²) >= 11 is 7.87. The van der Waals surface area contributed by atoms with Gasteiger partial charge in [-0.05, 0) is 29.8 Å². The minimum Gasteiger partial charge on any atom is -0.0843 e. The number of benzene rings is 3. The predicted octanol–water partition coefficient (Wildman–Crippen LogP) is 6.66. The van der Waals surface area contributed by atoms with Crippen LogP contribution in [-0.2, 0) is 0 Å². The van der Waals surface area contributed by atoms with Crippen LogP contribution >= 0.6 is 22.9 Å². The molecule has 1 aromatic heterocycles. The summed E-state index contributed by atoms with van der Waals surface area (Å²) in [5.74, 6) is 0. The van der Waals surface area contributed by atoms with Gasteiger partial charge in [0.25, 0.3) is 0 Å². The number of rotatable bonds is 1. The molecule has 0 spiro atoms. The summed E-state index contributed by atoms with van der Waals surface area (Å²) in [6.07, 6.45) is 0. The Labute approximate surface area is 132 Å². The topological polar surface area (TPSA) is 0 Å². The van der Waals surface area contributed by atoms with Gasteiger partial charge < -0.3 is 0 Å². The SMILES string of the molecule is Clc1ccc(-c2c3ccccc3[s+]c3ccccc23)cc1. The smallest absolute Gasteiger partial charge is 0.0843 e. The zero-order chi connectivity index (χ0) is 14.2. The molecule has 0 nitrogen and oxygen atoms in total. The van der Waals surface area contributed by atoms with Gasteiger partial charge in [-0.2, -0.15) is 0 Å². The first kappa shape index (κ1) is 12.8. The molecule has 4 rings (SSSR count). The molecular weight excluding hydrogens is 296 g/mol. The lowest BCUT2D eigenvalue weighted by atomic mass is 9.98. The molecule has 1 heterocycles. The van der Waals surface area contributed by atoms with Gasteiger partial charge in [0.2, 0.25) is 20.7 Å². The third kappa shape index (κ3) is 2.19. The monoisotopic (exact) mass is 307 g/mol. The van der Waals surface area contributed by atoms with E-state index < -0.39 is 0 Å². The average molecular weight is 308 g/mol. The van der Waals surface area contributed by atoms with Gasteiger partial charge in [0.1, 0.15) is 0 Å². The Bertz CT molecular complexity index is 888. The molecule has 0 amide bonds. The second-order valence-corrected chi connectivity index (χ2v) is 6.50. The lowest BCUT2D eigenvalue weighted by Gasteiger charge is -2.06. The predicted molar refractivity (Wildman–Crippen MR) is 94.2 cm³/mol. The largest absolute Gasteiger partial charge is 0.239 e. The fourth-order valence-electron chi connectivity index (χ4n) is 2.72. The highest BCUT2D eigenvalue weighted by Gasteiger charge is 2.17. The summed E-state index contributed by atoms with van der Waals surface area (Å²) in [6.45, 7) is 0. The van der Waals surface area contributed by atoms with E-state index in [0.717, 1.165) is 5.02 Å². The third-order valence-electron chi connectivity index (χ3n) is 3.67. The van der Waals surface area contributed by atoms with E-state index in [0.29, 0.717) is 0 Å². The first-order valence-corrected chi connectivity index (χ1v) is 8.02. The van der Waals surface area contributed by atoms with Crippen LogP contribution in [0, 0.1) is 0 Å². The molecule has 4 aromatic rings. The minimum atomic E-state index is 0.770. The quantitative estimate of drug-likeness (QED) is 0.272. The standard InChI is InChI=1S/C19H12ClS/c20-14-11-9-13(10-12-14)19-15-5-1-3-7-17(15)21-18-8-4-2-6-16(18)19/h1-12H/q+1. The van der Waals surface area contributed by atoms with Gasteiger partial charge in [-0.15, -0.1) is 0 Å². The minimum absolute atomic E-state index is 0.770. The van der Waals surface area contributed by atoms with Crippen molar-refractivity contribution in [1.29, 1.82) is 0 Å². The lowest BCUT2D eigenvalue weighted by molar-refractivity contribution is 1.68. The molecule has 0 unspecified atom stereocenters. The van der Waals surface area contributed by atoms with Gasteiger partial charge >= 0.3 is 0 Å². The molecule has 0 saturated carbocycles. The van der Waals surface area contributed by atoms with Gasteiger partial charge in [0.15, 0.2) is 0 Å². The number of halogens is 1. The molecular formula is C19H12ClS+. The van der Waals surface area contributed by atoms with Crippen molar-refractivity contribution < 1.29 is 0 Å². The molecule has 0 N–H and O–H groups in total. The Balaban J connectivity index is 2.18. The first-order chi connectivity index (χ1) is 10.3. The summed E-state index contributed by atoms with van der Waals surface area (Å²) < 4.78 is 2.61. The highest BCUT2D eigenvalue weighted by atomic mass is 35.5. The van der Waals surface area contributed by atoms with E-state index in [9.17, 15) is 0 Å². The normalized spacial score (nSPS) is 11.1. The van der Waals surface area contributed by atoms with Crippen LogP contribution in [-0.4, -0.2) is 0 Å². The van der Waals surface area contributed by atoms with Gasteiger partial charge in [-0.1, -0.05) is 48.0 Å².